The first-order valence-corrected chi connectivity index (χ1v) is 7.47. The van der Waals surface area contributed by atoms with Gasteiger partial charge in [-0.3, -0.25) is 4.79 Å². The molecule has 0 saturated carbocycles. The summed E-state index contributed by atoms with van der Waals surface area (Å²) in [7, 11) is 0. The summed E-state index contributed by atoms with van der Waals surface area (Å²) in [6.07, 6.45) is 2.61. The maximum atomic E-state index is 12.6. The number of carbonyl (C=O) groups excluding carboxylic acids is 1. The largest absolute Gasteiger partial charge is 0.294 e. The molecule has 0 saturated heterocycles. The van der Waals surface area contributed by atoms with Gasteiger partial charge in [-0.15, -0.1) is 0 Å². The van der Waals surface area contributed by atoms with Crippen LogP contribution < -0.4 is 0 Å². The fourth-order valence-electron chi connectivity index (χ4n) is 2.83. The van der Waals surface area contributed by atoms with Crippen LogP contribution in [0.15, 0.2) is 42.5 Å². The molecule has 0 fully saturated rings. The van der Waals surface area contributed by atoms with E-state index in [1.807, 2.05) is 6.07 Å². The average Bonchev–Trinajstić information content (AvgIpc) is 2.48. The van der Waals surface area contributed by atoms with E-state index in [0.717, 1.165) is 19.3 Å². The van der Waals surface area contributed by atoms with Gasteiger partial charge in [0.2, 0.25) is 0 Å². The number of benzene rings is 2. The highest BCUT2D eigenvalue weighted by Crippen LogP contribution is 2.30. The van der Waals surface area contributed by atoms with Crippen LogP contribution >= 0.6 is 23.2 Å². The summed E-state index contributed by atoms with van der Waals surface area (Å²) in [6, 6.07) is 13.4. The molecule has 0 bridgehead atoms. The van der Waals surface area contributed by atoms with Crippen LogP contribution in [0.5, 0.6) is 0 Å². The predicted octanol–water partition coefficient (Wildman–Crippen LogP) is 4.98. The van der Waals surface area contributed by atoms with Crippen LogP contribution in [0.2, 0.25) is 10.0 Å². The van der Waals surface area contributed by atoms with Crippen molar-refractivity contribution >= 4 is 29.0 Å². The topological polar surface area (TPSA) is 17.1 Å². The van der Waals surface area contributed by atoms with Crippen molar-refractivity contribution < 1.29 is 4.79 Å². The molecule has 1 atom stereocenters. The monoisotopic (exact) mass is 304 g/mol. The highest BCUT2D eigenvalue weighted by atomic mass is 35.5. The first-order chi connectivity index (χ1) is 9.65. The zero-order valence-electron chi connectivity index (χ0n) is 10.9. The number of carbonyl (C=O) groups is 1. The van der Waals surface area contributed by atoms with E-state index >= 15 is 0 Å². The second-order valence-electron chi connectivity index (χ2n) is 5.20. The number of Topliss-reactive ketones (excluding diaryl/α,β-unsaturated/α-hetero) is 1. The van der Waals surface area contributed by atoms with Crippen molar-refractivity contribution in [2.45, 2.75) is 19.3 Å². The van der Waals surface area contributed by atoms with Crippen molar-refractivity contribution in [1.82, 2.24) is 0 Å². The molecule has 1 unspecified atom stereocenters. The molecule has 2 aromatic carbocycles. The van der Waals surface area contributed by atoms with Gasteiger partial charge in [0, 0.05) is 16.5 Å². The van der Waals surface area contributed by atoms with Crippen molar-refractivity contribution in [2.75, 3.05) is 0 Å². The zero-order chi connectivity index (χ0) is 14.1. The lowest BCUT2D eigenvalue weighted by molar-refractivity contribution is 0.0909. The Morgan fingerprint density at radius 3 is 2.60 bits per heavy atom. The lowest BCUT2D eigenvalue weighted by Crippen LogP contribution is -2.23. The standard InChI is InChI=1S/C17H14Cl2O/c18-14-7-8-16(19)15(10-14)17(20)13-6-5-11-3-1-2-4-12(11)9-13/h1-4,7-8,10,13H,5-6,9H2. The van der Waals surface area contributed by atoms with Crippen LogP contribution in [0.4, 0.5) is 0 Å². The van der Waals surface area contributed by atoms with Gasteiger partial charge in [0.05, 0.1) is 5.02 Å². The van der Waals surface area contributed by atoms with Crippen molar-refractivity contribution in [3.8, 4) is 0 Å². The lowest BCUT2D eigenvalue weighted by Gasteiger charge is -2.23. The predicted molar refractivity (Wildman–Crippen MR) is 82.7 cm³/mol. The average molecular weight is 305 g/mol. The van der Waals surface area contributed by atoms with Gasteiger partial charge in [-0.2, -0.15) is 0 Å². The second-order valence-corrected chi connectivity index (χ2v) is 6.04. The minimum atomic E-state index is 0.000802. The van der Waals surface area contributed by atoms with Gasteiger partial charge in [-0.25, -0.2) is 0 Å². The zero-order valence-corrected chi connectivity index (χ0v) is 12.4. The maximum Gasteiger partial charge on any atom is 0.167 e. The van der Waals surface area contributed by atoms with Crippen molar-refractivity contribution in [3.63, 3.8) is 0 Å². The Balaban J connectivity index is 1.88. The maximum absolute atomic E-state index is 12.6. The molecular weight excluding hydrogens is 291 g/mol. The number of aryl methyl sites for hydroxylation is 1. The Hall–Kier alpha value is -1.31. The number of rotatable bonds is 2. The van der Waals surface area contributed by atoms with Gasteiger partial charge >= 0.3 is 0 Å². The van der Waals surface area contributed by atoms with E-state index in [9.17, 15) is 4.79 Å². The van der Waals surface area contributed by atoms with E-state index < -0.39 is 0 Å². The molecule has 2 aromatic rings. The summed E-state index contributed by atoms with van der Waals surface area (Å²) in [4.78, 5) is 12.6. The van der Waals surface area contributed by atoms with Crippen LogP contribution in [0.25, 0.3) is 0 Å². The second kappa shape index (κ2) is 5.59. The Labute approximate surface area is 128 Å². The van der Waals surface area contributed by atoms with Crippen LogP contribution in [0.3, 0.4) is 0 Å². The number of halogens is 2. The summed E-state index contributed by atoms with van der Waals surface area (Å²) in [5.74, 6) is 0.105. The smallest absolute Gasteiger partial charge is 0.167 e. The van der Waals surface area contributed by atoms with Gasteiger partial charge in [0.15, 0.2) is 5.78 Å². The fraction of sp³-hybridized carbons (Fsp3) is 0.235. The molecule has 0 amide bonds. The number of hydrogen-bond acceptors (Lipinski definition) is 1. The first-order valence-electron chi connectivity index (χ1n) is 6.71. The number of fused-ring (bicyclic) bond motifs is 1. The molecule has 0 radical (unpaired) electrons. The van der Waals surface area contributed by atoms with Crippen molar-refractivity contribution in [3.05, 3.63) is 69.2 Å². The molecule has 0 N–H and O–H groups in total. The Bertz CT molecular complexity index is 664. The normalized spacial score (nSPS) is 17.6. The Kier molecular flexibility index (Phi) is 3.82. The van der Waals surface area contributed by atoms with E-state index in [1.165, 1.54) is 11.1 Å². The third-order valence-corrected chi connectivity index (χ3v) is 4.48. The third kappa shape index (κ3) is 2.61. The van der Waals surface area contributed by atoms with Crippen molar-refractivity contribution in [2.24, 2.45) is 5.92 Å². The van der Waals surface area contributed by atoms with E-state index in [-0.39, 0.29) is 11.7 Å². The molecule has 0 aromatic heterocycles. The quantitative estimate of drug-likeness (QED) is 0.715. The van der Waals surface area contributed by atoms with E-state index in [4.69, 9.17) is 23.2 Å². The fourth-order valence-corrected chi connectivity index (χ4v) is 3.21. The molecule has 102 valence electrons. The summed E-state index contributed by atoms with van der Waals surface area (Å²) >= 11 is 12.1. The molecule has 0 spiro atoms. The molecule has 1 nitrogen and oxygen atoms in total. The summed E-state index contributed by atoms with van der Waals surface area (Å²) in [6.45, 7) is 0. The molecule has 3 rings (SSSR count). The lowest BCUT2D eigenvalue weighted by atomic mass is 9.80. The highest BCUT2D eigenvalue weighted by Gasteiger charge is 2.26. The van der Waals surface area contributed by atoms with Gasteiger partial charge in [0.1, 0.15) is 0 Å². The van der Waals surface area contributed by atoms with Crippen LogP contribution in [-0.2, 0) is 12.8 Å². The van der Waals surface area contributed by atoms with Crippen LogP contribution in [0.1, 0.15) is 27.9 Å². The number of hydrogen-bond donors (Lipinski definition) is 0. The van der Waals surface area contributed by atoms with Crippen LogP contribution in [0, 0.1) is 5.92 Å². The van der Waals surface area contributed by atoms with E-state index in [1.54, 1.807) is 18.2 Å². The number of ketones is 1. The Morgan fingerprint density at radius 1 is 1.05 bits per heavy atom. The summed E-state index contributed by atoms with van der Waals surface area (Å²) in [5, 5.41) is 1.03. The van der Waals surface area contributed by atoms with Gasteiger partial charge in [-0.05, 0) is 48.6 Å². The van der Waals surface area contributed by atoms with Crippen molar-refractivity contribution in [1.29, 1.82) is 0 Å². The minimum absolute atomic E-state index is 0.000802. The highest BCUT2D eigenvalue weighted by molar-refractivity contribution is 6.36. The van der Waals surface area contributed by atoms with Crippen LogP contribution in [-0.4, -0.2) is 5.78 Å². The van der Waals surface area contributed by atoms with Gasteiger partial charge in [0.25, 0.3) is 0 Å². The minimum Gasteiger partial charge on any atom is -0.294 e. The molecular formula is C17H14Cl2O. The third-order valence-electron chi connectivity index (χ3n) is 3.91. The van der Waals surface area contributed by atoms with Gasteiger partial charge < -0.3 is 0 Å². The van der Waals surface area contributed by atoms with E-state index in [0.29, 0.717) is 15.6 Å². The van der Waals surface area contributed by atoms with E-state index in [2.05, 4.69) is 18.2 Å². The molecule has 0 aliphatic heterocycles. The molecule has 1 aliphatic carbocycles. The Morgan fingerprint density at radius 2 is 1.80 bits per heavy atom. The molecule has 0 heterocycles. The van der Waals surface area contributed by atoms with Gasteiger partial charge in [-0.1, -0.05) is 47.5 Å². The summed E-state index contributed by atoms with van der Waals surface area (Å²) in [5.41, 5.74) is 3.17. The SMILES string of the molecule is O=C(c1cc(Cl)ccc1Cl)C1CCc2ccccc2C1. The summed E-state index contributed by atoms with van der Waals surface area (Å²) < 4.78 is 0. The first kappa shape index (κ1) is 13.7. The molecule has 1 aliphatic rings. The molecule has 3 heteroatoms. The molecule has 20 heavy (non-hydrogen) atoms.